The highest BCUT2D eigenvalue weighted by molar-refractivity contribution is 5.71. The Bertz CT molecular complexity index is 692. The van der Waals surface area contributed by atoms with Crippen molar-refractivity contribution < 1.29 is 9.90 Å². The molecule has 0 saturated carbocycles. The average Bonchev–Trinajstić information content (AvgIpc) is 2.54. The van der Waals surface area contributed by atoms with E-state index in [1.807, 2.05) is 17.0 Å². The zero-order valence-electron chi connectivity index (χ0n) is 13.5. The first-order valence-corrected chi connectivity index (χ1v) is 7.93. The van der Waals surface area contributed by atoms with Crippen LogP contribution in [0.4, 0.5) is 5.82 Å². The number of aliphatic carboxylic acids is 1. The summed E-state index contributed by atoms with van der Waals surface area (Å²) in [5.41, 5.74) is 4.30. The molecule has 2 heterocycles. The molecule has 1 aliphatic rings. The van der Waals surface area contributed by atoms with Gasteiger partial charge in [-0.15, -0.1) is 10.2 Å². The lowest BCUT2D eigenvalue weighted by atomic mass is 9.98. The van der Waals surface area contributed by atoms with Gasteiger partial charge in [-0.3, -0.25) is 4.79 Å². The lowest BCUT2D eigenvalue weighted by Gasteiger charge is -2.31. The van der Waals surface area contributed by atoms with Crippen molar-refractivity contribution in [2.24, 2.45) is 5.92 Å². The van der Waals surface area contributed by atoms with Gasteiger partial charge in [0.05, 0.1) is 11.6 Å². The Morgan fingerprint density at radius 3 is 2.52 bits per heavy atom. The molecule has 23 heavy (non-hydrogen) atoms. The van der Waals surface area contributed by atoms with Crippen molar-refractivity contribution in [2.45, 2.75) is 26.7 Å². The highest BCUT2D eigenvalue weighted by atomic mass is 16.4. The number of aromatic nitrogens is 2. The summed E-state index contributed by atoms with van der Waals surface area (Å²) in [6.07, 6.45) is 1.61. The molecule has 1 aromatic heterocycles. The second-order valence-electron chi connectivity index (χ2n) is 6.28. The summed E-state index contributed by atoms with van der Waals surface area (Å²) >= 11 is 0. The summed E-state index contributed by atoms with van der Waals surface area (Å²) in [6.45, 7) is 5.48. The molecular formula is C18H21N3O2. The molecule has 1 fully saturated rings. The Hall–Kier alpha value is -2.43. The lowest BCUT2D eigenvalue weighted by molar-refractivity contribution is -0.141. The maximum Gasteiger partial charge on any atom is 0.308 e. The van der Waals surface area contributed by atoms with E-state index in [4.69, 9.17) is 0 Å². The predicted molar refractivity (Wildman–Crippen MR) is 89.5 cm³/mol. The summed E-state index contributed by atoms with van der Waals surface area (Å²) in [4.78, 5) is 13.2. The first-order chi connectivity index (χ1) is 11.0. The largest absolute Gasteiger partial charge is 0.481 e. The smallest absolute Gasteiger partial charge is 0.308 e. The number of hydrogen-bond donors (Lipinski definition) is 1. The van der Waals surface area contributed by atoms with Crippen molar-refractivity contribution >= 4 is 11.8 Å². The SMILES string of the molecule is Cc1cc(C)cc(-c2ccc(N3CCCC(C(=O)O)C3)nn2)c1. The van der Waals surface area contributed by atoms with Gasteiger partial charge in [-0.05, 0) is 51.0 Å². The molecule has 1 saturated heterocycles. The highest BCUT2D eigenvalue weighted by Crippen LogP contribution is 2.24. The van der Waals surface area contributed by atoms with Crippen LogP contribution in [-0.2, 0) is 4.79 Å². The highest BCUT2D eigenvalue weighted by Gasteiger charge is 2.26. The third-order valence-electron chi connectivity index (χ3n) is 4.26. The van der Waals surface area contributed by atoms with Crippen LogP contribution in [0.2, 0.25) is 0 Å². The Kier molecular flexibility index (Phi) is 4.28. The monoisotopic (exact) mass is 311 g/mol. The first-order valence-electron chi connectivity index (χ1n) is 7.93. The van der Waals surface area contributed by atoms with Crippen LogP contribution < -0.4 is 4.90 Å². The molecule has 3 rings (SSSR count). The van der Waals surface area contributed by atoms with E-state index in [-0.39, 0.29) is 5.92 Å². The standard InChI is InChI=1S/C18H21N3O2/c1-12-8-13(2)10-15(9-12)16-5-6-17(20-19-16)21-7-3-4-14(11-21)18(22)23/h5-6,8-10,14H,3-4,7,11H2,1-2H3,(H,22,23). The van der Waals surface area contributed by atoms with Gasteiger partial charge >= 0.3 is 5.97 Å². The summed E-state index contributed by atoms with van der Waals surface area (Å²) in [6, 6.07) is 10.2. The number of carbonyl (C=O) groups is 1. The molecule has 0 spiro atoms. The van der Waals surface area contributed by atoms with Crippen LogP contribution in [-0.4, -0.2) is 34.4 Å². The average molecular weight is 311 g/mol. The van der Waals surface area contributed by atoms with E-state index in [1.165, 1.54) is 11.1 Å². The number of rotatable bonds is 3. The third kappa shape index (κ3) is 3.50. The Morgan fingerprint density at radius 2 is 1.91 bits per heavy atom. The fourth-order valence-corrected chi connectivity index (χ4v) is 3.16. The molecule has 1 atom stereocenters. The van der Waals surface area contributed by atoms with Gasteiger partial charge in [0.15, 0.2) is 5.82 Å². The Balaban J connectivity index is 1.80. The minimum Gasteiger partial charge on any atom is -0.481 e. The van der Waals surface area contributed by atoms with Gasteiger partial charge < -0.3 is 10.0 Å². The van der Waals surface area contributed by atoms with Gasteiger partial charge in [0.1, 0.15) is 0 Å². The van der Waals surface area contributed by atoms with E-state index in [9.17, 15) is 9.90 Å². The van der Waals surface area contributed by atoms with E-state index in [1.54, 1.807) is 0 Å². The zero-order chi connectivity index (χ0) is 16.4. The second-order valence-corrected chi connectivity index (χ2v) is 6.28. The number of carboxylic acids is 1. The topological polar surface area (TPSA) is 66.3 Å². The quantitative estimate of drug-likeness (QED) is 0.943. The normalized spacial score (nSPS) is 18.0. The number of benzene rings is 1. The summed E-state index contributed by atoms with van der Waals surface area (Å²) in [5.74, 6) is -0.289. The molecule has 1 aliphatic heterocycles. The van der Waals surface area contributed by atoms with Crippen LogP contribution in [0.15, 0.2) is 30.3 Å². The number of carboxylic acid groups (broad SMARTS) is 1. The fourth-order valence-electron chi connectivity index (χ4n) is 3.16. The minimum atomic E-state index is -0.727. The predicted octanol–water partition coefficient (Wildman–Crippen LogP) is 3.06. The van der Waals surface area contributed by atoms with Gasteiger partial charge in [0.2, 0.25) is 0 Å². The Labute approximate surface area is 136 Å². The summed E-state index contributed by atoms with van der Waals surface area (Å²) in [5, 5.41) is 17.8. The fraction of sp³-hybridized carbons (Fsp3) is 0.389. The van der Waals surface area contributed by atoms with Crippen molar-refractivity contribution in [1.82, 2.24) is 10.2 Å². The lowest BCUT2D eigenvalue weighted by Crippen LogP contribution is -2.39. The van der Waals surface area contributed by atoms with Crippen molar-refractivity contribution in [1.29, 1.82) is 0 Å². The maximum absolute atomic E-state index is 11.2. The van der Waals surface area contributed by atoms with Crippen LogP contribution in [0.25, 0.3) is 11.3 Å². The first kappa shape index (κ1) is 15.5. The van der Waals surface area contributed by atoms with Gasteiger partial charge in [0.25, 0.3) is 0 Å². The van der Waals surface area contributed by atoms with Gasteiger partial charge in [-0.2, -0.15) is 0 Å². The summed E-state index contributed by atoms with van der Waals surface area (Å²) in [7, 11) is 0. The van der Waals surface area contributed by atoms with E-state index in [0.717, 1.165) is 36.5 Å². The zero-order valence-corrected chi connectivity index (χ0v) is 13.5. The van der Waals surface area contributed by atoms with Gasteiger partial charge in [-0.1, -0.05) is 17.2 Å². The molecule has 1 aromatic carbocycles. The van der Waals surface area contributed by atoms with Crippen LogP contribution >= 0.6 is 0 Å². The van der Waals surface area contributed by atoms with Crippen molar-refractivity contribution in [3.63, 3.8) is 0 Å². The molecule has 0 radical (unpaired) electrons. The molecule has 2 aromatic rings. The number of aryl methyl sites for hydroxylation is 2. The number of nitrogens with zero attached hydrogens (tertiary/aromatic N) is 3. The number of anilines is 1. The number of piperidine rings is 1. The van der Waals surface area contributed by atoms with E-state index < -0.39 is 5.97 Å². The Morgan fingerprint density at radius 1 is 1.17 bits per heavy atom. The molecule has 5 heteroatoms. The molecule has 0 aliphatic carbocycles. The molecular weight excluding hydrogens is 290 g/mol. The van der Waals surface area contributed by atoms with Gasteiger partial charge in [-0.25, -0.2) is 0 Å². The van der Waals surface area contributed by atoms with E-state index >= 15 is 0 Å². The van der Waals surface area contributed by atoms with E-state index in [2.05, 4.69) is 42.2 Å². The van der Waals surface area contributed by atoms with Crippen molar-refractivity contribution in [3.8, 4) is 11.3 Å². The van der Waals surface area contributed by atoms with Gasteiger partial charge in [0, 0.05) is 18.7 Å². The molecule has 0 amide bonds. The van der Waals surface area contributed by atoms with E-state index in [0.29, 0.717) is 6.54 Å². The molecule has 1 unspecified atom stereocenters. The van der Waals surface area contributed by atoms with Crippen LogP contribution in [0.5, 0.6) is 0 Å². The molecule has 5 nitrogen and oxygen atoms in total. The third-order valence-corrected chi connectivity index (χ3v) is 4.26. The van der Waals surface area contributed by atoms with Crippen LogP contribution in [0.1, 0.15) is 24.0 Å². The molecule has 120 valence electrons. The van der Waals surface area contributed by atoms with Crippen LogP contribution in [0, 0.1) is 19.8 Å². The minimum absolute atomic E-state index is 0.315. The van der Waals surface area contributed by atoms with Crippen LogP contribution in [0.3, 0.4) is 0 Å². The second kappa shape index (κ2) is 6.36. The molecule has 0 bridgehead atoms. The van der Waals surface area contributed by atoms with Crippen molar-refractivity contribution in [3.05, 3.63) is 41.5 Å². The van der Waals surface area contributed by atoms with Crippen molar-refractivity contribution in [2.75, 3.05) is 18.0 Å². The maximum atomic E-state index is 11.2. The molecule has 1 N–H and O–H groups in total. The summed E-state index contributed by atoms with van der Waals surface area (Å²) < 4.78 is 0. The number of hydrogen-bond acceptors (Lipinski definition) is 4.